The van der Waals surface area contributed by atoms with Gasteiger partial charge in [-0.05, 0) is 36.4 Å². The molecule has 1 N–H and O–H groups in total. The lowest BCUT2D eigenvalue weighted by atomic mass is 10.2. The number of benzene rings is 1. The second-order valence-electron chi connectivity index (χ2n) is 4.95. The molecule has 6 heteroatoms. The molecule has 0 unspecified atom stereocenters. The maximum atomic E-state index is 13.4. The SMILES string of the molecule is Fc1cccc(-c2cccc3nc(Nc4ccccc4)nn23)n1. The fraction of sp³-hybridized carbons (Fsp3) is 0. The van der Waals surface area contributed by atoms with Crippen molar-refractivity contribution in [3.05, 3.63) is 72.7 Å². The van der Waals surface area contributed by atoms with Crippen LogP contribution >= 0.6 is 0 Å². The van der Waals surface area contributed by atoms with Gasteiger partial charge in [0.05, 0.1) is 11.4 Å². The summed E-state index contributed by atoms with van der Waals surface area (Å²) in [6.07, 6.45) is 0. The number of para-hydroxylation sites is 1. The van der Waals surface area contributed by atoms with Gasteiger partial charge in [-0.1, -0.05) is 30.3 Å². The third-order valence-electron chi connectivity index (χ3n) is 3.37. The van der Waals surface area contributed by atoms with E-state index in [9.17, 15) is 4.39 Å². The second-order valence-corrected chi connectivity index (χ2v) is 4.95. The molecular formula is C17H12FN5. The standard InChI is InChI=1S/C17H12FN5/c18-15-10-4-8-13(20-15)14-9-5-11-16-21-17(22-23(14)16)19-12-6-2-1-3-7-12/h1-11H,(H,19,22). The van der Waals surface area contributed by atoms with E-state index in [0.29, 0.717) is 23.0 Å². The molecule has 3 heterocycles. The number of aromatic nitrogens is 4. The van der Waals surface area contributed by atoms with E-state index in [2.05, 4.69) is 20.4 Å². The maximum Gasteiger partial charge on any atom is 0.247 e. The van der Waals surface area contributed by atoms with Crippen LogP contribution in [-0.4, -0.2) is 19.6 Å². The highest BCUT2D eigenvalue weighted by atomic mass is 19.1. The smallest absolute Gasteiger partial charge is 0.247 e. The van der Waals surface area contributed by atoms with Gasteiger partial charge in [0.1, 0.15) is 0 Å². The zero-order valence-electron chi connectivity index (χ0n) is 12.0. The van der Waals surface area contributed by atoms with Gasteiger partial charge in [-0.3, -0.25) is 0 Å². The Labute approximate surface area is 131 Å². The van der Waals surface area contributed by atoms with Crippen LogP contribution in [0.4, 0.5) is 16.0 Å². The van der Waals surface area contributed by atoms with E-state index in [1.54, 1.807) is 16.6 Å². The summed E-state index contributed by atoms with van der Waals surface area (Å²) in [7, 11) is 0. The van der Waals surface area contributed by atoms with Gasteiger partial charge in [-0.25, -0.2) is 9.50 Å². The van der Waals surface area contributed by atoms with Crippen molar-refractivity contribution in [1.82, 2.24) is 19.6 Å². The minimum Gasteiger partial charge on any atom is -0.323 e. The summed E-state index contributed by atoms with van der Waals surface area (Å²) in [5.74, 6) is -0.0534. The molecule has 4 rings (SSSR count). The van der Waals surface area contributed by atoms with Crippen molar-refractivity contribution in [2.24, 2.45) is 0 Å². The Kier molecular flexibility index (Phi) is 3.20. The van der Waals surface area contributed by atoms with Gasteiger partial charge in [-0.2, -0.15) is 9.37 Å². The van der Waals surface area contributed by atoms with E-state index in [-0.39, 0.29) is 0 Å². The largest absolute Gasteiger partial charge is 0.323 e. The zero-order valence-corrected chi connectivity index (χ0v) is 12.0. The Hall–Kier alpha value is -3.28. The van der Waals surface area contributed by atoms with Crippen molar-refractivity contribution < 1.29 is 4.39 Å². The Morgan fingerprint density at radius 3 is 2.48 bits per heavy atom. The fourth-order valence-corrected chi connectivity index (χ4v) is 2.35. The number of hydrogen-bond donors (Lipinski definition) is 1. The number of pyridine rings is 2. The van der Waals surface area contributed by atoms with Crippen molar-refractivity contribution in [2.75, 3.05) is 5.32 Å². The summed E-state index contributed by atoms with van der Waals surface area (Å²) in [5.41, 5.74) is 2.74. The molecule has 0 fully saturated rings. The van der Waals surface area contributed by atoms with Crippen LogP contribution < -0.4 is 5.32 Å². The summed E-state index contributed by atoms with van der Waals surface area (Å²) in [4.78, 5) is 8.35. The van der Waals surface area contributed by atoms with Gasteiger partial charge in [0.15, 0.2) is 5.65 Å². The number of nitrogens with zero attached hydrogens (tertiary/aromatic N) is 4. The molecule has 0 spiro atoms. The van der Waals surface area contributed by atoms with E-state index in [4.69, 9.17) is 0 Å². The third kappa shape index (κ3) is 2.62. The maximum absolute atomic E-state index is 13.4. The van der Waals surface area contributed by atoms with Crippen LogP contribution in [0.25, 0.3) is 17.0 Å². The fourth-order valence-electron chi connectivity index (χ4n) is 2.35. The summed E-state index contributed by atoms with van der Waals surface area (Å²) in [6.45, 7) is 0. The molecule has 0 saturated heterocycles. The van der Waals surface area contributed by atoms with Crippen molar-refractivity contribution in [3.63, 3.8) is 0 Å². The van der Waals surface area contributed by atoms with Gasteiger partial charge >= 0.3 is 0 Å². The molecule has 0 aliphatic heterocycles. The number of anilines is 2. The molecule has 0 aliphatic carbocycles. The van der Waals surface area contributed by atoms with Crippen molar-refractivity contribution in [3.8, 4) is 11.4 Å². The molecule has 0 atom stereocenters. The highest BCUT2D eigenvalue weighted by Crippen LogP contribution is 2.20. The molecule has 0 amide bonds. The van der Waals surface area contributed by atoms with Crippen LogP contribution in [0.15, 0.2) is 66.7 Å². The number of halogens is 1. The molecule has 3 aromatic heterocycles. The molecule has 4 aromatic rings. The Balaban J connectivity index is 1.79. The lowest BCUT2D eigenvalue weighted by Crippen LogP contribution is -1.97. The monoisotopic (exact) mass is 305 g/mol. The van der Waals surface area contributed by atoms with Crippen LogP contribution in [0.1, 0.15) is 0 Å². The van der Waals surface area contributed by atoms with Gasteiger partial charge in [0.2, 0.25) is 11.9 Å². The van der Waals surface area contributed by atoms with Crippen molar-refractivity contribution in [1.29, 1.82) is 0 Å². The van der Waals surface area contributed by atoms with Gasteiger partial charge < -0.3 is 5.32 Å². The van der Waals surface area contributed by atoms with E-state index in [1.807, 2.05) is 48.5 Å². The molecule has 1 aromatic carbocycles. The van der Waals surface area contributed by atoms with Crippen LogP contribution in [0.5, 0.6) is 0 Å². The molecule has 112 valence electrons. The van der Waals surface area contributed by atoms with Crippen LogP contribution in [-0.2, 0) is 0 Å². The summed E-state index contributed by atoms with van der Waals surface area (Å²) >= 11 is 0. The van der Waals surface area contributed by atoms with Crippen molar-refractivity contribution in [2.45, 2.75) is 0 Å². The Morgan fingerprint density at radius 1 is 0.826 bits per heavy atom. The molecular weight excluding hydrogens is 293 g/mol. The average Bonchev–Trinajstić information content (AvgIpc) is 2.98. The first-order valence-electron chi connectivity index (χ1n) is 7.10. The average molecular weight is 305 g/mol. The lowest BCUT2D eigenvalue weighted by molar-refractivity contribution is 0.585. The van der Waals surface area contributed by atoms with E-state index < -0.39 is 5.95 Å². The highest BCUT2D eigenvalue weighted by molar-refractivity contribution is 5.62. The third-order valence-corrected chi connectivity index (χ3v) is 3.37. The Morgan fingerprint density at radius 2 is 1.65 bits per heavy atom. The Bertz CT molecular complexity index is 965. The summed E-state index contributed by atoms with van der Waals surface area (Å²) in [5, 5.41) is 7.59. The quantitative estimate of drug-likeness (QED) is 0.587. The molecule has 0 saturated carbocycles. The number of nitrogens with one attached hydrogen (secondary N) is 1. The van der Waals surface area contributed by atoms with Crippen LogP contribution in [0.2, 0.25) is 0 Å². The van der Waals surface area contributed by atoms with E-state index in [1.165, 1.54) is 6.07 Å². The van der Waals surface area contributed by atoms with E-state index in [0.717, 1.165) is 5.69 Å². The minimum absolute atomic E-state index is 0.472. The first-order valence-corrected chi connectivity index (χ1v) is 7.10. The predicted molar refractivity (Wildman–Crippen MR) is 85.9 cm³/mol. The van der Waals surface area contributed by atoms with Crippen LogP contribution in [0, 0.1) is 5.95 Å². The summed E-state index contributed by atoms with van der Waals surface area (Å²) in [6, 6.07) is 19.9. The lowest BCUT2D eigenvalue weighted by Gasteiger charge is -2.03. The first-order chi connectivity index (χ1) is 11.3. The predicted octanol–water partition coefficient (Wildman–Crippen LogP) is 3.67. The van der Waals surface area contributed by atoms with Gasteiger partial charge in [0.25, 0.3) is 0 Å². The summed E-state index contributed by atoms with van der Waals surface area (Å²) < 4.78 is 15.0. The highest BCUT2D eigenvalue weighted by Gasteiger charge is 2.10. The van der Waals surface area contributed by atoms with Gasteiger partial charge in [0, 0.05) is 5.69 Å². The first kappa shape index (κ1) is 13.4. The molecule has 0 radical (unpaired) electrons. The van der Waals surface area contributed by atoms with E-state index >= 15 is 0 Å². The molecule has 23 heavy (non-hydrogen) atoms. The molecule has 0 aliphatic rings. The minimum atomic E-state index is -0.526. The van der Waals surface area contributed by atoms with Gasteiger partial charge in [-0.15, -0.1) is 5.10 Å². The van der Waals surface area contributed by atoms with Crippen molar-refractivity contribution >= 4 is 17.3 Å². The van der Waals surface area contributed by atoms with Crippen LogP contribution in [0.3, 0.4) is 0 Å². The number of hydrogen-bond acceptors (Lipinski definition) is 4. The second kappa shape index (κ2) is 5.49. The molecule has 5 nitrogen and oxygen atoms in total. The topological polar surface area (TPSA) is 55.1 Å². The zero-order chi connectivity index (χ0) is 15.6. The number of fused-ring (bicyclic) bond motifs is 1. The number of rotatable bonds is 3. The normalized spacial score (nSPS) is 10.8. The molecule has 0 bridgehead atoms.